The van der Waals surface area contributed by atoms with Crippen LogP contribution in [-0.2, 0) is 5.88 Å². The lowest BCUT2D eigenvalue weighted by molar-refractivity contribution is 0.575. The second-order valence-electron chi connectivity index (χ2n) is 2.38. The maximum absolute atomic E-state index is 5.60. The number of halogens is 2. The highest BCUT2D eigenvalue weighted by Crippen LogP contribution is 2.30. The minimum absolute atomic E-state index is 0.385. The van der Waals surface area contributed by atoms with E-state index in [-0.39, 0.29) is 0 Å². The van der Waals surface area contributed by atoms with Crippen LogP contribution in [0.3, 0.4) is 0 Å². The Morgan fingerprint density at radius 2 is 2.38 bits per heavy atom. The van der Waals surface area contributed by atoms with Crippen LogP contribution in [0, 0.1) is 0 Å². The van der Waals surface area contributed by atoms with E-state index in [1.807, 2.05) is 12.1 Å². The maximum Gasteiger partial charge on any atom is 0.236 e. The Kier molecular flexibility index (Phi) is 2.71. The van der Waals surface area contributed by atoms with E-state index in [0.29, 0.717) is 11.8 Å². The second kappa shape index (κ2) is 3.82. The van der Waals surface area contributed by atoms with E-state index in [9.17, 15) is 0 Å². The minimum Gasteiger partial charge on any atom is -0.444 e. The number of oxazole rings is 1. The largest absolute Gasteiger partial charge is 0.444 e. The summed E-state index contributed by atoms with van der Waals surface area (Å²) < 4.78 is 6.31. The average molecular weight is 279 g/mol. The monoisotopic (exact) mass is 277 g/mol. The number of thiophene rings is 1. The summed E-state index contributed by atoms with van der Waals surface area (Å²) in [4.78, 5) is 5.21. The Morgan fingerprint density at radius 3 is 2.92 bits per heavy atom. The molecule has 2 aromatic rings. The SMILES string of the molecule is ClCc1coc(-c2ccc(Br)s2)n1. The van der Waals surface area contributed by atoms with Gasteiger partial charge in [-0.25, -0.2) is 4.98 Å². The van der Waals surface area contributed by atoms with Gasteiger partial charge in [-0.05, 0) is 28.1 Å². The van der Waals surface area contributed by atoms with Gasteiger partial charge in [0.25, 0.3) is 0 Å². The third kappa shape index (κ3) is 1.95. The Hall–Kier alpha value is -0.320. The van der Waals surface area contributed by atoms with Crippen molar-refractivity contribution in [3.63, 3.8) is 0 Å². The van der Waals surface area contributed by atoms with Gasteiger partial charge in [0, 0.05) is 0 Å². The molecule has 0 atom stereocenters. The molecule has 0 bridgehead atoms. The second-order valence-corrected chi connectivity index (χ2v) is 5.11. The first-order chi connectivity index (χ1) is 6.29. The van der Waals surface area contributed by atoms with E-state index in [1.165, 1.54) is 0 Å². The lowest BCUT2D eigenvalue weighted by Crippen LogP contribution is -1.75. The number of rotatable bonds is 2. The summed E-state index contributed by atoms with van der Waals surface area (Å²) in [6, 6.07) is 3.92. The summed E-state index contributed by atoms with van der Waals surface area (Å²) in [5.41, 5.74) is 0.765. The van der Waals surface area contributed by atoms with Crippen molar-refractivity contribution in [2.75, 3.05) is 0 Å². The zero-order valence-electron chi connectivity index (χ0n) is 6.46. The predicted octanol–water partition coefficient (Wildman–Crippen LogP) is 3.90. The molecule has 0 aliphatic rings. The van der Waals surface area contributed by atoms with Gasteiger partial charge in [-0.3, -0.25) is 0 Å². The van der Waals surface area contributed by atoms with Gasteiger partial charge >= 0.3 is 0 Å². The lowest BCUT2D eigenvalue weighted by Gasteiger charge is -1.84. The number of nitrogens with zero attached hydrogens (tertiary/aromatic N) is 1. The average Bonchev–Trinajstić information content (AvgIpc) is 2.71. The van der Waals surface area contributed by atoms with E-state index < -0.39 is 0 Å². The Morgan fingerprint density at radius 1 is 1.54 bits per heavy atom. The van der Waals surface area contributed by atoms with E-state index in [1.54, 1.807) is 17.6 Å². The summed E-state index contributed by atoms with van der Waals surface area (Å²) in [6.45, 7) is 0. The Labute approximate surface area is 92.7 Å². The fourth-order valence-electron chi connectivity index (χ4n) is 0.911. The molecule has 5 heteroatoms. The van der Waals surface area contributed by atoms with Crippen LogP contribution in [-0.4, -0.2) is 4.98 Å². The van der Waals surface area contributed by atoms with Crippen molar-refractivity contribution in [3.05, 3.63) is 27.9 Å². The molecule has 2 heterocycles. The van der Waals surface area contributed by atoms with Gasteiger partial charge in [-0.1, -0.05) is 0 Å². The number of alkyl halides is 1. The molecule has 2 rings (SSSR count). The molecule has 0 fully saturated rings. The van der Waals surface area contributed by atoms with Crippen LogP contribution in [0.5, 0.6) is 0 Å². The lowest BCUT2D eigenvalue weighted by atomic mass is 10.5. The molecule has 0 amide bonds. The smallest absolute Gasteiger partial charge is 0.236 e. The summed E-state index contributed by atoms with van der Waals surface area (Å²) in [7, 11) is 0. The van der Waals surface area contributed by atoms with Gasteiger partial charge in [0.05, 0.1) is 20.2 Å². The summed E-state index contributed by atoms with van der Waals surface area (Å²) in [6.07, 6.45) is 1.58. The molecule has 0 aliphatic carbocycles. The first-order valence-electron chi connectivity index (χ1n) is 3.55. The molecule has 0 unspecified atom stereocenters. The van der Waals surface area contributed by atoms with Crippen LogP contribution < -0.4 is 0 Å². The molecule has 0 saturated carbocycles. The third-order valence-electron chi connectivity index (χ3n) is 1.47. The molecule has 68 valence electrons. The number of hydrogen-bond acceptors (Lipinski definition) is 3. The fourth-order valence-corrected chi connectivity index (χ4v) is 2.35. The highest BCUT2D eigenvalue weighted by atomic mass is 79.9. The van der Waals surface area contributed by atoms with Crippen LogP contribution in [0.1, 0.15) is 5.69 Å². The number of hydrogen-bond donors (Lipinski definition) is 0. The molecule has 2 aromatic heterocycles. The standard InChI is InChI=1S/C8H5BrClNOS/c9-7-2-1-6(13-7)8-11-5(3-10)4-12-8/h1-2,4H,3H2. The van der Waals surface area contributed by atoms with Crippen molar-refractivity contribution in [3.8, 4) is 10.8 Å². The van der Waals surface area contributed by atoms with E-state index in [4.69, 9.17) is 16.0 Å². The molecule has 0 N–H and O–H groups in total. The first-order valence-corrected chi connectivity index (χ1v) is 5.70. The molecule has 0 radical (unpaired) electrons. The summed E-state index contributed by atoms with van der Waals surface area (Å²) >= 11 is 10.6. The fraction of sp³-hybridized carbons (Fsp3) is 0.125. The van der Waals surface area contributed by atoms with Crippen molar-refractivity contribution in [2.45, 2.75) is 5.88 Å². The summed E-state index contributed by atoms with van der Waals surface area (Å²) in [5, 5.41) is 0. The van der Waals surface area contributed by atoms with Gasteiger partial charge in [0.1, 0.15) is 6.26 Å². The van der Waals surface area contributed by atoms with Crippen LogP contribution >= 0.6 is 38.9 Å². The molecule has 0 aliphatic heterocycles. The molecular formula is C8H5BrClNOS. The zero-order chi connectivity index (χ0) is 9.26. The maximum atomic E-state index is 5.60. The van der Waals surface area contributed by atoms with Crippen LogP contribution in [0.4, 0.5) is 0 Å². The Balaban J connectivity index is 2.35. The molecule has 0 spiro atoms. The number of aromatic nitrogens is 1. The molecule has 2 nitrogen and oxygen atoms in total. The van der Waals surface area contributed by atoms with E-state index in [2.05, 4.69) is 20.9 Å². The summed E-state index contributed by atoms with van der Waals surface area (Å²) in [5.74, 6) is 1.02. The van der Waals surface area contributed by atoms with Crippen molar-refractivity contribution in [1.82, 2.24) is 4.98 Å². The van der Waals surface area contributed by atoms with Gasteiger partial charge in [-0.2, -0.15) is 0 Å². The highest BCUT2D eigenvalue weighted by molar-refractivity contribution is 9.11. The van der Waals surface area contributed by atoms with Crippen molar-refractivity contribution in [2.24, 2.45) is 0 Å². The highest BCUT2D eigenvalue weighted by Gasteiger charge is 2.07. The van der Waals surface area contributed by atoms with Crippen LogP contribution in [0.2, 0.25) is 0 Å². The normalized spacial score (nSPS) is 10.6. The van der Waals surface area contributed by atoms with Gasteiger partial charge in [-0.15, -0.1) is 22.9 Å². The quantitative estimate of drug-likeness (QED) is 0.779. The van der Waals surface area contributed by atoms with Crippen LogP contribution in [0.25, 0.3) is 10.8 Å². The molecule has 0 saturated heterocycles. The van der Waals surface area contributed by atoms with Crippen molar-refractivity contribution < 1.29 is 4.42 Å². The van der Waals surface area contributed by atoms with Crippen LogP contribution in [0.15, 0.2) is 26.6 Å². The van der Waals surface area contributed by atoms with Gasteiger partial charge < -0.3 is 4.42 Å². The molecular weight excluding hydrogens is 274 g/mol. The Bertz CT molecular complexity index is 412. The topological polar surface area (TPSA) is 26.0 Å². The van der Waals surface area contributed by atoms with Crippen molar-refractivity contribution in [1.29, 1.82) is 0 Å². The zero-order valence-corrected chi connectivity index (χ0v) is 9.62. The van der Waals surface area contributed by atoms with E-state index in [0.717, 1.165) is 14.4 Å². The molecule has 13 heavy (non-hydrogen) atoms. The minimum atomic E-state index is 0.385. The van der Waals surface area contributed by atoms with Gasteiger partial charge in [0.15, 0.2) is 0 Å². The third-order valence-corrected chi connectivity index (χ3v) is 3.36. The molecule has 0 aromatic carbocycles. The first kappa shape index (κ1) is 9.24. The van der Waals surface area contributed by atoms with Gasteiger partial charge in [0.2, 0.25) is 5.89 Å². The van der Waals surface area contributed by atoms with E-state index >= 15 is 0 Å². The van der Waals surface area contributed by atoms with Crippen molar-refractivity contribution >= 4 is 38.9 Å². The predicted molar refractivity (Wildman–Crippen MR) is 57.1 cm³/mol.